The number of aromatic nitrogens is 2. The topological polar surface area (TPSA) is 108 Å². The first-order chi connectivity index (χ1) is 10.1. The SMILES string of the molecule is O=C1CN(C(=O)N2CCn3ccnc3C2)C(C(=O)O)CN1. The molecule has 9 nitrogen and oxygen atoms in total. The van der Waals surface area contributed by atoms with Gasteiger partial charge in [-0.25, -0.2) is 14.6 Å². The number of hydrogen-bond donors (Lipinski definition) is 2. The smallest absolute Gasteiger partial charge is 0.328 e. The van der Waals surface area contributed by atoms with E-state index < -0.39 is 18.0 Å². The third kappa shape index (κ3) is 2.41. The van der Waals surface area contributed by atoms with E-state index in [1.54, 1.807) is 6.20 Å². The minimum absolute atomic E-state index is 0.0671. The maximum absolute atomic E-state index is 12.5. The van der Waals surface area contributed by atoms with Gasteiger partial charge in [0.05, 0.1) is 6.54 Å². The Bertz CT molecular complexity index is 598. The van der Waals surface area contributed by atoms with Crippen molar-refractivity contribution in [1.82, 2.24) is 24.7 Å². The van der Waals surface area contributed by atoms with Gasteiger partial charge in [0.15, 0.2) is 0 Å². The molecular formula is C12H15N5O4. The number of fused-ring (bicyclic) bond motifs is 1. The number of carboxylic acid groups (broad SMARTS) is 1. The molecule has 0 radical (unpaired) electrons. The quantitative estimate of drug-likeness (QED) is 0.669. The molecule has 112 valence electrons. The Balaban J connectivity index is 1.77. The molecule has 1 aromatic heterocycles. The minimum atomic E-state index is -1.12. The van der Waals surface area contributed by atoms with E-state index in [2.05, 4.69) is 10.3 Å². The average molecular weight is 293 g/mol. The molecule has 1 aromatic rings. The molecule has 21 heavy (non-hydrogen) atoms. The van der Waals surface area contributed by atoms with Gasteiger partial charge in [-0.3, -0.25) is 9.69 Å². The summed E-state index contributed by atoms with van der Waals surface area (Å²) in [6, 6.07) is -1.47. The van der Waals surface area contributed by atoms with Crippen LogP contribution in [0.5, 0.6) is 0 Å². The van der Waals surface area contributed by atoms with Gasteiger partial charge in [-0.1, -0.05) is 0 Å². The maximum Gasteiger partial charge on any atom is 0.328 e. The van der Waals surface area contributed by atoms with Gasteiger partial charge in [0.2, 0.25) is 5.91 Å². The molecule has 1 unspecified atom stereocenters. The molecule has 0 aliphatic carbocycles. The van der Waals surface area contributed by atoms with Crippen molar-refractivity contribution in [2.75, 3.05) is 19.6 Å². The Morgan fingerprint density at radius 1 is 1.33 bits per heavy atom. The standard InChI is InChI=1S/C12H15N5O4/c18-10-7-17(8(5-14-10)11(19)20)12(21)16-4-3-15-2-1-13-9(15)6-16/h1-2,8H,3-7H2,(H,14,18)(H,19,20). The summed E-state index contributed by atoms with van der Waals surface area (Å²) in [6.45, 7) is 1.09. The molecule has 0 saturated carbocycles. The first-order valence-electron chi connectivity index (χ1n) is 6.61. The lowest BCUT2D eigenvalue weighted by Gasteiger charge is -2.37. The highest BCUT2D eigenvalue weighted by Gasteiger charge is 2.38. The van der Waals surface area contributed by atoms with Crippen LogP contribution in [0.25, 0.3) is 0 Å². The van der Waals surface area contributed by atoms with Crippen molar-refractivity contribution in [2.24, 2.45) is 0 Å². The monoisotopic (exact) mass is 293 g/mol. The maximum atomic E-state index is 12.5. The van der Waals surface area contributed by atoms with Gasteiger partial charge in [-0.05, 0) is 0 Å². The fourth-order valence-corrected chi connectivity index (χ4v) is 2.58. The summed E-state index contributed by atoms with van der Waals surface area (Å²) in [5.74, 6) is -0.718. The lowest BCUT2D eigenvalue weighted by atomic mass is 10.2. The van der Waals surface area contributed by atoms with Crippen LogP contribution in [-0.2, 0) is 22.7 Å². The first kappa shape index (κ1) is 13.4. The molecule has 3 amide bonds. The second-order valence-electron chi connectivity index (χ2n) is 5.03. The van der Waals surface area contributed by atoms with E-state index in [0.717, 1.165) is 10.7 Å². The number of urea groups is 1. The minimum Gasteiger partial charge on any atom is -0.480 e. The van der Waals surface area contributed by atoms with E-state index >= 15 is 0 Å². The van der Waals surface area contributed by atoms with Crippen molar-refractivity contribution < 1.29 is 19.5 Å². The summed E-state index contributed by atoms with van der Waals surface area (Å²) in [4.78, 5) is 42.0. The average Bonchev–Trinajstić information content (AvgIpc) is 2.93. The van der Waals surface area contributed by atoms with Crippen molar-refractivity contribution >= 4 is 17.9 Å². The summed E-state index contributed by atoms with van der Waals surface area (Å²) in [5, 5.41) is 11.7. The van der Waals surface area contributed by atoms with Crippen LogP contribution in [0, 0.1) is 0 Å². The van der Waals surface area contributed by atoms with Gasteiger partial charge in [0.1, 0.15) is 18.4 Å². The van der Waals surface area contributed by atoms with Gasteiger partial charge < -0.3 is 19.9 Å². The fraction of sp³-hybridized carbons (Fsp3) is 0.500. The van der Waals surface area contributed by atoms with Gasteiger partial charge in [0, 0.05) is 32.0 Å². The Labute approximate surface area is 120 Å². The van der Waals surface area contributed by atoms with Crippen LogP contribution >= 0.6 is 0 Å². The predicted octanol–water partition coefficient (Wildman–Crippen LogP) is -1.30. The number of hydrogen-bond acceptors (Lipinski definition) is 4. The zero-order valence-corrected chi connectivity index (χ0v) is 11.2. The van der Waals surface area contributed by atoms with Gasteiger partial charge in [0.25, 0.3) is 0 Å². The van der Waals surface area contributed by atoms with Crippen LogP contribution < -0.4 is 5.32 Å². The summed E-state index contributed by atoms with van der Waals surface area (Å²) in [6.07, 6.45) is 3.50. The van der Waals surface area contributed by atoms with Crippen LogP contribution in [0.3, 0.4) is 0 Å². The number of imidazole rings is 1. The first-order valence-corrected chi connectivity index (χ1v) is 6.61. The van der Waals surface area contributed by atoms with Crippen LogP contribution in [0.1, 0.15) is 5.82 Å². The van der Waals surface area contributed by atoms with E-state index in [9.17, 15) is 19.5 Å². The highest BCUT2D eigenvalue weighted by molar-refractivity contribution is 5.90. The Morgan fingerprint density at radius 3 is 2.90 bits per heavy atom. The summed E-state index contributed by atoms with van der Waals surface area (Å²) < 4.78 is 1.95. The Kier molecular flexibility index (Phi) is 3.24. The number of carboxylic acids is 1. The van der Waals surface area contributed by atoms with Gasteiger partial charge >= 0.3 is 12.0 Å². The molecule has 0 aromatic carbocycles. The molecule has 3 rings (SSSR count). The molecule has 1 atom stereocenters. The van der Waals surface area contributed by atoms with Crippen molar-refractivity contribution in [1.29, 1.82) is 0 Å². The number of carbonyl (C=O) groups is 3. The van der Waals surface area contributed by atoms with E-state index in [-0.39, 0.29) is 19.0 Å². The summed E-state index contributed by atoms with van der Waals surface area (Å²) >= 11 is 0. The van der Waals surface area contributed by atoms with Gasteiger partial charge in [-0.2, -0.15) is 0 Å². The third-order valence-corrected chi connectivity index (χ3v) is 3.73. The van der Waals surface area contributed by atoms with Crippen molar-refractivity contribution in [3.63, 3.8) is 0 Å². The highest BCUT2D eigenvalue weighted by atomic mass is 16.4. The van der Waals surface area contributed by atoms with Crippen molar-refractivity contribution in [2.45, 2.75) is 19.1 Å². The van der Waals surface area contributed by atoms with E-state index in [4.69, 9.17) is 0 Å². The third-order valence-electron chi connectivity index (χ3n) is 3.73. The van der Waals surface area contributed by atoms with Crippen molar-refractivity contribution in [3.8, 4) is 0 Å². The number of piperazine rings is 1. The van der Waals surface area contributed by atoms with Crippen LogP contribution in [0.15, 0.2) is 12.4 Å². The highest BCUT2D eigenvalue weighted by Crippen LogP contribution is 2.15. The second kappa shape index (κ2) is 5.08. The molecular weight excluding hydrogens is 278 g/mol. The zero-order valence-electron chi connectivity index (χ0n) is 11.2. The van der Waals surface area contributed by atoms with Crippen LogP contribution in [0.4, 0.5) is 4.79 Å². The lowest BCUT2D eigenvalue weighted by molar-refractivity contribution is -0.144. The molecule has 1 fully saturated rings. The molecule has 9 heteroatoms. The van der Waals surface area contributed by atoms with E-state index in [0.29, 0.717) is 19.6 Å². The Hall–Kier alpha value is -2.58. The molecule has 2 N–H and O–H groups in total. The number of aliphatic carboxylic acids is 1. The largest absolute Gasteiger partial charge is 0.480 e. The molecule has 0 spiro atoms. The summed E-state index contributed by atoms with van der Waals surface area (Å²) in [5.41, 5.74) is 0. The molecule has 2 aliphatic heterocycles. The lowest BCUT2D eigenvalue weighted by Crippen LogP contribution is -2.62. The van der Waals surface area contributed by atoms with Crippen LogP contribution in [0.2, 0.25) is 0 Å². The van der Waals surface area contributed by atoms with Crippen molar-refractivity contribution in [3.05, 3.63) is 18.2 Å². The second-order valence-corrected chi connectivity index (χ2v) is 5.03. The molecule has 2 aliphatic rings. The summed E-state index contributed by atoms with van der Waals surface area (Å²) in [7, 11) is 0. The van der Waals surface area contributed by atoms with Crippen LogP contribution in [-0.4, -0.2) is 68.0 Å². The fourth-order valence-electron chi connectivity index (χ4n) is 2.58. The number of amides is 3. The van der Waals surface area contributed by atoms with Gasteiger partial charge in [-0.15, -0.1) is 0 Å². The predicted molar refractivity (Wildman–Crippen MR) is 69.2 cm³/mol. The number of nitrogens with zero attached hydrogens (tertiary/aromatic N) is 4. The number of rotatable bonds is 1. The van der Waals surface area contributed by atoms with E-state index in [1.807, 2.05) is 10.8 Å². The molecule has 0 bridgehead atoms. The number of carbonyl (C=O) groups excluding carboxylic acids is 2. The normalized spacial score (nSPS) is 21.7. The van der Waals surface area contributed by atoms with E-state index in [1.165, 1.54) is 4.90 Å². The Morgan fingerprint density at radius 2 is 2.14 bits per heavy atom. The molecule has 3 heterocycles. The molecule has 1 saturated heterocycles. The zero-order chi connectivity index (χ0) is 15.0. The number of nitrogens with one attached hydrogen (secondary N) is 1.